The maximum absolute atomic E-state index is 13.6. The van der Waals surface area contributed by atoms with Crippen LogP contribution in [0.4, 0.5) is 0 Å². The first-order chi connectivity index (χ1) is 15.4. The van der Waals surface area contributed by atoms with Gasteiger partial charge in [0.1, 0.15) is 4.83 Å². The second-order valence-electron chi connectivity index (χ2n) is 8.54. The summed E-state index contributed by atoms with van der Waals surface area (Å²) in [6.07, 6.45) is 4.35. The van der Waals surface area contributed by atoms with Gasteiger partial charge in [0.05, 0.1) is 10.6 Å². The first-order valence-electron chi connectivity index (χ1n) is 11.0. The van der Waals surface area contributed by atoms with Crippen LogP contribution in [0.25, 0.3) is 21.7 Å². The quantitative estimate of drug-likeness (QED) is 0.250. The fraction of sp³-hybridized carbons (Fsp3) is 0.417. The topological polar surface area (TPSA) is 73.8 Å². The minimum Gasteiger partial charge on any atom is -0.419 e. The standard InChI is InChI=1S/C24H26N4O2S2/c1-13-9-11-17(12-10-13)21-27-26-20(30-21)16(4)32-24-25-22-19(14(2)15(3)31-22)23(29)28(24)18-7-5-6-8-18/h9-12,16,18H,5-8H2,1-4H3. The molecule has 0 radical (unpaired) electrons. The predicted molar refractivity (Wildman–Crippen MR) is 130 cm³/mol. The van der Waals surface area contributed by atoms with Gasteiger partial charge in [0.25, 0.3) is 5.56 Å². The maximum atomic E-state index is 13.6. The smallest absolute Gasteiger partial charge is 0.263 e. The van der Waals surface area contributed by atoms with E-state index in [1.165, 1.54) is 17.3 Å². The van der Waals surface area contributed by atoms with E-state index >= 15 is 0 Å². The number of nitrogens with zero attached hydrogens (tertiary/aromatic N) is 4. The van der Waals surface area contributed by atoms with Crippen LogP contribution < -0.4 is 5.56 Å². The van der Waals surface area contributed by atoms with Crippen LogP contribution in [0.5, 0.6) is 0 Å². The Bertz CT molecular complexity index is 1330. The molecule has 1 saturated carbocycles. The summed E-state index contributed by atoms with van der Waals surface area (Å²) in [6.45, 7) is 8.15. The van der Waals surface area contributed by atoms with Crippen LogP contribution in [0.1, 0.15) is 65.8 Å². The Balaban J connectivity index is 1.51. The van der Waals surface area contributed by atoms with E-state index in [2.05, 4.69) is 17.1 Å². The lowest BCUT2D eigenvalue weighted by atomic mass is 10.1. The molecule has 166 valence electrons. The van der Waals surface area contributed by atoms with Crippen LogP contribution in [0.3, 0.4) is 0 Å². The molecule has 4 aromatic rings. The Morgan fingerprint density at radius 2 is 1.84 bits per heavy atom. The molecule has 1 unspecified atom stereocenters. The van der Waals surface area contributed by atoms with Crippen molar-refractivity contribution >= 4 is 33.3 Å². The molecule has 1 fully saturated rings. The van der Waals surface area contributed by atoms with E-state index in [1.807, 2.05) is 49.6 Å². The largest absolute Gasteiger partial charge is 0.419 e. The summed E-state index contributed by atoms with van der Waals surface area (Å²) in [5, 5.41) is 9.93. The van der Waals surface area contributed by atoms with Crippen LogP contribution in [-0.2, 0) is 0 Å². The van der Waals surface area contributed by atoms with Gasteiger partial charge >= 0.3 is 0 Å². The van der Waals surface area contributed by atoms with Crippen molar-refractivity contribution in [2.75, 3.05) is 0 Å². The van der Waals surface area contributed by atoms with Gasteiger partial charge in [-0.2, -0.15) is 0 Å². The van der Waals surface area contributed by atoms with E-state index in [1.54, 1.807) is 11.3 Å². The number of rotatable bonds is 5. The molecule has 6 nitrogen and oxygen atoms in total. The highest BCUT2D eigenvalue weighted by Crippen LogP contribution is 2.39. The van der Waals surface area contributed by atoms with Crippen LogP contribution in [0.15, 0.2) is 38.6 Å². The molecule has 5 rings (SSSR count). The van der Waals surface area contributed by atoms with E-state index in [4.69, 9.17) is 9.40 Å². The average Bonchev–Trinajstić information content (AvgIpc) is 3.51. The zero-order valence-electron chi connectivity index (χ0n) is 18.7. The number of fused-ring (bicyclic) bond motifs is 1. The van der Waals surface area contributed by atoms with E-state index < -0.39 is 0 Å². The van der Waals surface area contributed by atoms with Gasteiger partial charge in [-0.25, -0.2) is 4.98 Å². The summed E-state index contributed by atoms with van der Waals surface area (Å²) in [4.78, 5) is 20.5. The first-order valence-corrected chi connectivity index (χ1v) is 12.7. The Morgan fingerprint density at radius 3 is 2.56 bits per heavy atom. The maximum Gasteiger partial charge on any atom is 0.263 e. The third-order valence-corrected chi connectivity index (χ3v) is 8.42. The van der Waals surface area contributed by atoms with Crippen molar-refractivity contribution in [1.29, 1.82) is 0 Å². The highest BCUT2D eigenvalue weighted by molar-refractivity contribution is 7.99. The molecular formula is C24H26N4O2S2. The second-order valence-corrected chi connectivity index (χ2v) is 11.1. The van der Waals surface area contributed by atoms with Gasteiger partial charge < -0.3 is 4.42 Å². The van der Waals surface area contributed by atoms with Crippen molar-refractivity contribution in [2.24, 2.45) is 0 Å². The normalized spacial score (nSPS) is 15.6. The molecule has 1 atom stereocenters. The minimum absolute atomic E-state index is 0.0873. The summed E-state index contributed by atoms with van der Waals surface area (Å²) in [6, 6.07) is 8.24. The summed E-state index contributed by atoms with van der Waals surface area (Å²) < 4.78 is 7.93. The molecule has 0 saturated heterocycles. The Morgan fingerprint density at radius 1 is 1.12 bits per heavy atom. The second kappa shape index (κ2) is 8.48. The van der Waals surface area contributed by atoms with Crippen molar-refractivity contribution in [3.8, 4) is 11.5 Å². The van der Waals surface area contributed by atoms with Gasteiger partial charge in [-0.3, -0.25) is 9.36 Å². The third-order valence-electron chi connectivity index (χ3n) is 6.26. The predicted octanol–water partition coefficient (Wildman–Crippen LogP) is 6.40. The molecule has 1 aliphatic rings. The highest BCUT2D eigenvalue weighted by Gasteiger charge is 2.27. The fourth-order valence-corrected chi connectivity index (χ4v) is 6.35. The molecule has 0 spiro atoms. The summed E-state index contributed by atoms with van der Waals surface area (Å²) in [5.74, 6) is 1.05. The van der Waals surface area contributed by atoms with Crippen molar-refractivity contribution in [3.63, 3.8) is 0 Å². The van der Waals surface area contributed by atoms with Crippen LogP contribution >= 0.6 is 23.1 Å². The lowest BCUT2D eigenvalue weighted by Crippen LogP contribution is -2.26. The molecule has 8 heteroatoms. The monoisotopic (exact) mass is 466 g/mol. The summed E-state index contributed by atoms with van der Waals surface area (Å²) >= 11 is 3.12. The zero-order chi connectivity index (χ0) is 22.4. The lowest BCUT2D eigenvalue weighted by Gasteiger charge is -2.19. The Kier molecular flexibility index (Phi) is 5.67. The Hall–Kier alpha value is -2.45. The number of benzene rings is 1. The number of hydrogen-bond acceptors (Lipinski definition) is 7. The minimum atomic E-state index is -0.124. The molecule has 3 heterocycles. The third kappa shape index (κ3) is 3.79. The molecule has 3 aromatic heterocycles. The fourth-order valence-electron chi connectivity index (χ4n) is 4.28. The molecule has 0 amide bonds. The zero-order valence-corrected chi connectivity index (χ0v) is 20.3. The first kappa shape index (κ1) is 21.4. The van der Waals surface area contributed by atoms with Crippen molar-refractivity contribution in [1.82, 2.24) is 19.7 Å². The summed E-state index contributed by atoms with van der Waals surface area (Å²) in [7, 11) is 0. The molecule has 0 N–H and O–H groups in total. The SMILES string of the molecule is Cc1ccc(-c2nnc(C(C)Sc3nc4sc(C)c(C)c4c(=O)n3C3CCCC3)o2)cc1. The number of thiophene rings is 1. The molecule has 32 heavy (non-hydrogen) atoms. The lowest BCUT2D eigenvalue weighted by molar-refractivity contribution is 0.456. The number of aryl methyl sites for hydroxylation is 3. The number of thioether (sulfide) groups is 1. The number of hydrogen-bond donors (Lipinski definition) is 0. The van der Waals surface area contributed by atoms with Crippen molar-refractivity contribution < 1.29 is 4.42 Å². The average molecular weight is 467 g/mol. The highest BCUT2D eigenvalue weighted by atomic mass is 32.2. The van der Waals surface area contributed by atoms with E-state index in [9.17, 15) is 4.79 Å². The van der Waals surface area contributed by atoms with Crippen LogP contribution in [0.2, 0.25) is 0 Å². The van der Waals surface area contributed by atoms with Gasteiger partial charge in [-0.05, 0) is 58.2 Å². The summed E-state index contributed by atoms with van der Waals surface area (Å²) in [5.41, 5.74) is 3.23. The van der Waals surface area contributed by atoms with Crippen LogP contribution in [0, 0.1) is 20.8 Å². The van der Waals surface area contributed by atoms with Gasteiger partial charge in [0, 0.05) is 16.5 Å². The molecule has 1 aromatic carbocycles. The molecule has 0 aliphatic heterocycles. The van der Waals surface area contributed by atoms with Gasteiger partial charge in [-0.1, -0.05) is 42.3 Å². The molecular weight excluding hydrogens is 440 g/mol. The molecule has 0 bridgehead atoms. The van der Waals surface area contributed by atoms with Gasteiger partial charge in [-0.15, -0.1) is 21.5 Å². The van der Waals surface area contributed by atoms with E-state index in [0.29, 0.717) is 11.8 Å². The Labute approximate surface area is 195 Å². The van der Waals surface area contributed by atoms with Gasteiger partial charge in [0.15, 0.2) is 5.16 Å². The number of aromatic nitrogens is 4. The van der Waals surface area contributed by atoms with Crippen molar-refractivity contribution in [3.05, 3.63) is 56.5 Å². The van der Waals surface area contributed by atoms with Crippen molar-refractivity contribution in [2.45, 2.75) is 69.8 Å². The van der Waals surface area contributed by atoms with Crippen LogP contribution in [-0.4, -0.2) is 19.7 Å². The van der Waals surface area contributed by atoms with Gasteiger partial charge in [0.2, 0.25) is 11.8 Å². The van der Waals surface area contributed by atoms with E-state index in [-0.39, 0.29) is 16.9 Å². The van der Waals surface area contributed by atoms with E-state index in [0.717, 1.165) is 57.1 Å². The molecule has 1 aliphatic carbocycles.